The molecule has 75 heavy (non-hydrogen) atoms. The van der Waals surface area contributed by atoms with Crippen molar-refractivity contribution in [1.82, 2.24) is 5.32 Å². The maximum Gasteiger partial charge on any atom is 0.220 e. The highest BCUT2D eigenvalue weighted by Crippen LogP contribution is 2.23. The number of nitrogens with one attached hydrogen (secondary N) is 1. The second kappa shape index (κ2) is 54.7. The maximum absolute atomic E-state index is 13.0. The number of carbonyl (C=O) groups is 1. The Morgan fingerprint density at radius 1 is 0.467 bits per heavy atom. The van der Waals surface area contributed by atoms with E-state index in [4.69, 9.17) is 9.47 Å². The van der Waals surface area contributed by atoms with Crippen LogP contribution in [0.3, 0.4) is 0 Å². The molecule has 1 fully saturated rings. The predicted molar refractivity (Wildman–Crippen MR) is 318 cm³/mol. The van der Waals surface area contributed by atoms with Crippen molar-refractivity contribution in [2.24, 2.45) is 0 Å². The molecule has 0 saturated carbocycles. The number of carbonyl (C=O) groups excluding carboxylic acids is 1. The van der Waals surface area contributed by atoms with Crippen molar-refractivity contribution in [2.45, 2.75) is 314 Å². The molecule has 1 heterocycles. The number of aliphatic hydroxyl groups is 5. The fourth-order valence-corrected chi connectivity index (χ4v) is 9.54. The van der Waals surface area contributed by atoms with Crippen LogP contribution in [0.5, 0.6) is 0 Å². The molecular weight excluding hydrogens is 935 g/mol. The van der Waals surface area contributed by atoms with Gasteiger partial charge in [-0.15, -0.1) is 0 Å². The minimum absolute atomic E-state index is 0.190. The lowest BCUT2D eigenvalue weighted by atomic mass is 9.99. The molecule has 7 atom stereocenters. The summed E-state index contributed by atoms with van der Waals surface area (Å²) in [5.74, 6) is -0.190. The lowest BCUT2D eigenvalue weighted by Crippen LogP contribution is -2.60. The summed E-state index contributed by atoms with van der Waals surface area (Å²) in [7, 11) is 0. The molecule has 0 spiro atoms. The van der Waals surface area contributed by atoms with Gasteiger partial charge in [-0.05, 0) is 77.0 Å². The first-order valence-corrected chi connectivity index (χ1v) is 31.3. The van der Waals surface area contributed by atoms with E-state index in [1.54, 1.807) is 6.08 Å². The van der Waals surface area contributed by atoms with Gasteiger partial charge in [0.1, 0.15) is 24.4 Å². The van der Waals surface area contributed by atoms with Crippen molar-refractivity contribution in [1.29, 1.82) is 0 Å². The van der Waals surface area contributed by atoms with Crippen LogP contribution >= 0.6 is 0 Å². The Hall–Kier alpha value is -2.63. The molecule has 0 bridgehead atoms. The van der Waals surface area contributed by atoms with Gasteiger partial charge in [-0.25, -0.2) is 0 Å². The quantitative estimate of drug-likeness (QED) is 0.0261. The largest absolute Gasteiger partial charge is 0.394 e. The number of hydrogen-bond acceptors (Lipinski definition) is 8. The summed E-state index contributed by atoms with van der Waals surface area (Å²) in [6.45, 7) is 3.57. The Morgan fingerprint density at radius 3 is 1.27 bits per heavy atom. The topological polar surface area (TPSA) is 149 Å². The number of hydrogen-bond donors (Lipinski definition) is 6. The minimum Gasteiger partial charge on any atom is -0.394 e. The highest BCUT2D eigenvalue weighted by atomic mass is 16.7. The van der Waals surface area contributed by atoms with Gasteiger partial charge in [0.2, 0.25) is 5.91 Å². The number of amides is 1. The maximum atomic E-state index is 13.0. The summed E-state index contributed by atoms with van der Waals surface area (Å²) in [5, 5.41) is 54.3. The number of aliphatic hydroxyl groups excluding tert-OH is 5. The Balaban J connectivity index is 2.00. The zero-order valence-corrected chi connectivity index (χ0v) is 48.3. The van der Waals surface area contributed by atoms with Crippen LogP contribution < -0.4 is 5.32 Å². The molecular formula is C66H117NO8. The highest BCUT2D eigenvalue weighted by Gasteiger charge is 2.44. The molecule has 0 aliphatic carbocycles. The molecule has 1 rings (SSSR count). The van der Waals surface area contributed by atoms with Crippen LogP contribution in [0.4, 0.5) is 0 Å². The summed E-state index contributed by atoms with van der Waals surface area (Å²) in [6, 6.07) is -0.828. The van der Waals surface area contributed by atoms with Crippen molar-refractivity contribution < 1.29 is 39.8 Å². The predicted octanol–water partition coefficient (Wildman–Crippen LogP) is 16.2. The van der Waals surface area contributed by atoms with E-state index in [2.05, 4.69) is 92.1 Å². The Morgan fingerprint density at radius 2 is 0.840 bits per heavy atom. The minimum atomic E-state index is -1.57. The molecule has 1 aliphatic rings. The summed E-state index contributed by atoms with van der Waals surface area (Å²) < 4.78 is 11.2. The molecule has 1 saturated heterocycles. The van der Waals surface area contributed by atoms with Crippen LogP contribution in [0.2, 0.25) is 0 Å². The smallest absolute Gasteiger partial charge is 0.220 e. The third kappa shape index (κ3) is 44.0. The molecule has 9 heteroatoms. The average Bonchev–Trinajstić information content (AvgIpc) is 3.41. The van der Waals surface area contributed by atoms with Crippen molar-refractivity contribution >= 4 is 5.91 Å². The summed E-state index contributed by atoms with van der Waals surface area (Å²) in [5.41, 5.74) is 0. The van der Waals surface area contributed by atoms with Crippen molar-refractivity contribution in [3.05, 3.63) is 85.1 Å². The van der Waals surface area contributed by atoms with Crippen LogP contribution in [0, 0.1) is 0 Å². The van der Waals surface area contributed by atoms with Crippen LogP contribution in [-0.4, -0.2) is 87.5 Å². The molecule has 9 nitrogen and oxygen atoms in total. The summed E-state index contributed by atoms with van der Waals surface area (Å²) in [4.78, 5) is 13.0. The Bertz CT molecular complexity index is 1450. The van der Waals surface area contributed by atoms with Crippen molar-refractivity contribution in [3.8, 4) is 0 Å². The third-order valence-corrected chi connectivity index (χ3v) is 14.4. The van der Waals surface area contributed by atoms with E-state index in [0.29, 0.717) is 6.42 Å². The lowest BCUT2D eigenvalue weighted by molar-refractivity contribution is -0.302. The Kier molecular flexibility index (Phi) is 51.3. The van der Waals surface area contributed by atoms with Gasteiger partial charge in [0.15, 0.2) is 6.29 Å². The molecule has 0 aromatic rings. The molecule has 7 unspecified atom stereocenters. The van der Waals surface area contributed by atoms with Crippen LogP contribution in [-0.2, 0) is 14.3 Å². The van der Waals surface area contributed by atoms with E-state index in [9.17, 15) is 30.3 Å². The number of unbranched alkanes of at least 4 members (excludes halogenated alkanes) is 31. The van der Waals surface area contributed by atoms with Crippen LogP contribution in [0.1, 0.15) is 271 Å². The first-order chi connectivity index (χ1) is 36.8. The molecule has 1 amide bonds. The monoisotopic (exact) mass is 1050 g/mol. The SMILES string of the molecule is CC/C=C\C/C=C\C/C=C\C/C=C\CCCCCCCCCCCCCCCCCCCCCCCCCCCCCCC(=O)NC(COC1OC(CO)C(O)C(O)C1O)C(O)/C=C/CC/C=C/CC/C=C/CCC. The second-order valence-corrected chi connectivity index (χ2v) is 21.4. The first kappa shape index (κ1) is 70.4. The molecule has 0 radical (unpaired) electrons. The second-order valence-electron chi connectivity index (χ2n) is 21.4. The molecule has 0 aromatic carbocycles. The van der Waals surface area contributed by atoms with Gasteiger partial charge >= 0.3 is 0 Å². The van der Waals surface area contributed by atoms with Gasteiger partial charge < -0.3 is 40.3 Å². The van der Waals surface area contributed by atoms with E-state index < -0.39 is 49.5 Å². The van der Waals surface area contributed by atoms with Gasteiger partial charge in [-0.2, -0.15) is 0 Å². The van der Waals surface area contributed by atoms with Crippen molar-refractivity contribution in [3.63, 3.8) is 0 Å². The molecule has 0 aromatic heterocycles. The van der Waals surface area contributed by atoms with E-state index >= 15 is 0 Å². The Labute approximate surface area is 461 Å². The third-order valence-electron chi connectivity index (χ3n) is 14.4. The van der Waals surface area contributed by atoms with Gasteiger partial charge in [-0.1, -0.05) is 272 Å². The van der Waals surface area contributed by atoms with E-state index in [1.165, 1.54) is 167 Å². The van der Waals surface area contributed by atoms with Gasteiger partial charge in [0.25, 0.3) is 0 Å². The fraction of sp³-hybridized carbons (Fsp3) is 0.773. The average molecular weight is 1050 g/mol. The van der Waals surface area contributed by atoms with Crippen LogP contribution in [0.15, 0.2) is 85.1 Å². The highest BCUT2D eigenvalue weighted by molar-refractivity contribution is 5.76. The number of rotatable bonds is 53. The van der Waals surface area contributed by atoms with Gasteiger partial charge in [0.05, 0.1) is 25.4 Å². The van der Waals surface area contributed by atoms with Crippen molar-refractivity contribution in [2.75, 3.05) is 13.2 Å². The lowest BCUT2D eigenvalue weighted by Gasteiger charge is -2.40. The zero-order chi connectivity index (χ0) is 54.3. The molecule has 1 aliphatic heterocycles. The van der Waals surface area contributed by atoms with E-state index in [1.807, 2.05) is 6.08 Å². The molecule has 434 valence electrons. The van der Waals surface area contributed by atoms with Crippen LogP contribution in [0.25, 0.3) is 0 Å². The first-order valence-electron chi connectivity index (χ1n) is 31.3. The summed E-state index contributed by atoms with van der Waals surface area (Å²) in [6.07, 6.45) is 71.4. The standard InChI is InChI=1S/C66H117NO8/c1-3-5-7-9-11-13-15-16-17-18-19-20-21-22-23-24-25-26-27-28-29-30-31-32-33-34-35-36-37-38-39-40-41-42-43-44-46-48-50-52-54-56-62(70)67-59(58-74-66-65(73)64(72)63(71)61(57-68)75-66)60(69)55-53-51-49-47-45-14-12-10-8-6-4-2/h5,7-8,10-11,13,16-17,19-20,45,47,53,55,59-61,63-66,68-69,71-73H,3-4,6,9,12,14-15,18,21-44,46,48-52,54,56-58H2,1-2H3,(H,67,70)/b7-5-,10-8+,13-11-,17-16-,20-19-,47-45+,55-53+. The summed E-state index contributed by atoms with van der Waals surface area (Å²) >= 11 is 0. The normalized spacial score (nSPS) is 19.5. The fourth-order valence-electron chi connectivity index (χ4n) is 9.54. The number of allylic oxidation sites excluding steroid dienone is 13. The molecule has 6 N–H and O–H groups in total. The van der Waals surface area contributed by atoms with Gasteiger partial charge in [-0.3, -0.25) is 4.79 Å². The van der Waals surface area contributed by atoms with E-state index in [0.717, 1.165) is 83.5 Å². The zero-order valence-electron chi connectivity index (χ0n) is 48.3. The van der Waals surface area contributed by atoms with E-state index in [-0.39, 0.29) is 12.5 Å². The number of ether oxygens (including phenoxy) is 2. The van der Waals surface area contributed by atoms with Gasteiger partial charge in [0, 0.05) is 6.42 Å².